The third-order valence-corrected chi connectivity index (χ3v) is 5.05. The SMILES string of the molecule is O=C(Nc1cc(C(F)(F)F)cc(C(F)(F)F)c1)OC(=O)N1CCC2(CC1)CC2. The molecule has 1 aromatic carbocycles. The second-order valence-electron chi connectivity index (χ2n) is 7.06. The number of nitrogens with zero attached hydrogens (tertiary/aromatic N) is 1. The number of anilines is 1. The van der Waals surface area contributed by atoms with Gasteiger partial charge in [0.15, 0.2) is 0 Å². The van der Waals surface area contributed by atoms with E-state index in [4.69, 9.17) is 0 Å². The lowest BCUT2D eigenvalue weighted by Crippen LogP contribution is -2.40. The molecule has 0 radical (unpaired) electrons. The standard InChI is InChI=1S/C17H16F6N2O3/c18-16(19,20)10-7-11(17(21,22)23)9-12(8-10)24-13(26)28-14(27)25-5-3-15(1-2-15)4-6-25/h7-9H,1-6H2,(H,24,26). The molecule has 5 nitrogen and oxygen atoms in total. The Morgan fingerprint density at radius 1 is 0.893 bits per heavy atom. The predicted molar refractivity (Wildman–Crippen MR) is 84.4 cm³/mol. The highest BCUT2D eigenvalue weighted by Crippen LogP contribution is 2.53. The topological polar surface area (TPSA) is 58.6 Å². The number of carbonyl (C=O) groups is 2. The minimum atomic E-state index is -5.05. The number of alkyl halides is 6. The maximum atomic E-state index is 12.8. The molecule has 1 N–H and O–H groups in total. The summed E-state index contributed by atoms with van der Waals surface area (Å²) in [6.45, 7) is 0.766. The van der Waals surface area contributed by atoms with Gasteiger partial charge in [0.2, 0.25) is 0 Å². The summed E-state index contributed by atoms with van der Waals surface area (Å²) in [5.74, 6) is 0. The van der Waals surface area contributed by atoms with Crippen LogP contribution in [-0.4, -0.2) is 30.2 Å². The third kappa shape index (κ3) is 4.68. The quantitative estimate of drug-likeness (QED) is 0.507. The minimum Gasteiger partial charge on any atom is -0.359 e. The summed E-state index contributed by atoms with van der Waals surface area (Å²) >= 11 is 0. The number of hydrogen-bond donors (Lipinski definition) is 1. The molecule has 2 amide bonds. The van der Waals surface area contributed by atoms with Crippen LogP contribution >= 0.6 is 0 Å². The third-order valence-electron chi connectivity index (χ3n) is 5.05. The van der Waals surface area contributed by atoms with Crippen molar-refractivity contribution in [3.63, 3.8) is 0 Å². The van der Waals surface area contributed by atoms with Crippen LogP contribution in [0.25, 0.3) is 0 Å². The first-order chi connectivity index (χ1) is 12.9. The first-order valence-electron chi connectivity index (χ1n) is 8.45. The Morgan fingerprint density at radius 3 is 1.82 bits per heavy atom. The summed E-state index contributed by atoms with van der Waals surface area (Å²) in [6.07, 6.45) is -8.83. The molecule has 1 saturated carbocycles. The molecule has 2 fully saturated rings. The fourth-order valence-electron chi connectivity index (χ4n) is 3.15. The van der Waals surface area contributed by atoms with Crippen LogP contribution in [0.4, 0.5) is 41.6 Å². The molecule has 1 aliphatic heterocycles. The second kappa shape index (κ2) is 6.85. The Hall–Kier alpha value is -2.46. The molecule has 28 heavy (non-hydrogen) atoms. The maximum Gasteiger partial charge on any atom is 0.420 e. The van der Waals surface area contributed by atoms with Crippen molar-refractivity contribution in [1.82, 2.24) is 4.90 Å². The average molecular weight is 410 g/mol. The van der Waals surface area contributed by atoms with Gasteiger partial charge in [0.1, 0.15) is 0 Å². The molecule has 154 valence electrons. The Bertz CT molecular complexity index is 744. The van der Waals surface area contributed by atoms with E-state index in [9.17, 15) is 35.9 Å². The monoisotopic (exact) mass is 410 g/mol. The highest BCUT2D eigenvalue weighted by Gasteiger charge is 2.45. The summed E-state index contributed by atoms with van der Waals surface area (Å²) < 4.78 is 81.4. The molecule has 0 atom stereocenters. The average Bonchev–Trinajstić information content (AvgIpc) is 3.32. The van der Waals surface area contributed by atoms with Crippen molar-refractivity contribution >= 4 is 17.9 Å². The van der Waals surface area contributed by atoms with Gasteiger partial charge in [-0.15, -0.1) is 0 Å². The number of amides is 2. The van der Waals surface area contributed by atoms with Gasteiger partial charge in [-0.05, 0) is 49.3 Å². The molecule has 1 aliphatic carbocycles. The molecule has 2 aliphatic rings. The van der Waals surface area contributed by atoms with Gasteiger partial charge < -0.3 is 9.64 Å². The number of carbonyl (C=O) groups excluding carboxylic acids is 2. The lowest BCUT2D eigenvalue weighted by molar-refractivity contribution is -0.143. The van der Waals surface area contributed by atoms with Crippen molar-refractivity contribution in [2.75, 3.05) is 18.4 Å². The van der Waals surface area contributed by atoms with E-state index in [0.717, 1.165) is 25.7 Å². The molecular formula is C17H16F6N2O3. The highest BCUT2D eigenvalue weighted by atomic mass is 19.4. The van der Waals surface area contributed by atoms with Crippen LogP contribution in [-0.2, 0) is 17.1 Å². The van der Waals surface area contributed by atoms with Crippen LogP contribution in [0.1, 0.15) is 36.8 Å². The van der Waals surface area contributed by atoms with E-state index in [1.54, 1.807) is 5.32 Å². The summed E-state index contributed by atoms with van der Waals surface area (Å²) in [6, 6.07) is 0.598. The number of rotatable bonds is 1. The molecule has 3 rings (SSSR count). The normalized spacial score (nSPS) is 18.7. The number of benzene rings is 1. The molecule has 1 spiro atoms. The second-order valence-corrected chi connectivity index (χ2v) is 7.06. The molecule has 0 aromatic heterocycles. The van der Waals surface area contributed by atoms with Gasteiger partial charge >= 0.3 is 24.5 Å². The number of piperidine rings is 1. The number of likely N-dealkylation sites (tertiary alicyclic amines) is 1. The zero-order valence-corrected chi connectivity index (χ0v) is 14.4. The Kier molecular flexibility index (Phi) is 4.96. The fraction of sp³-hybridized carbons (Fsp3) is 0.529. The Morgan fingerprint density at radius 2 is 1.39 bits per heavy atom. The minimum absolute atomic E-state index is 0.0664. The van der Waals surface area contributed by atoms with Crippen LogP contribution in [0, 0.1) is 5.41 Å². The van der Waals surface area contributed by atoms with Crippen LogP contribution in [0.3, 0.4) is 0 Å². The van der Waals surface area contributed by atoms with E-state index in [1.807, 2.05) is 0 Å². The molecule has 0 bridgehead atoms. The molecule has 1 saturated heterocycles. The van der Waals surface area contributed by atoms with Crippen LogP contribution in [0.15, 0.2) is 18.2 Å². The number of hydrogen-bond acceptors (Lipinski definition) is 3. The molecule has 1 aromatic rings. The lowest BCUT2D eigenvalue weighted by Gasteiger charge is -2.30. The summed E-state index contributed by atoms with van der Waals surface area (Å²) in [4.78, 5) is 25.0. The highest BCUT2D eigenvalue weighted by molar-refractivity contribution is 5.92. The number of nitrogens with one attached hydrogen (secondary N) is 1. The van der Waals surface area contributed by atoms with E-state index in [1.165, 1.54) is 4.90 Å². The number of ether oxygens (including phenoxy) is 1. The fourth-order valence-corrected chi connectivity index (χ4v) is 3.15. The summed E-state index contributed by atoms with van der Waals surface area (Å²) in [5.41, 5.74) is -3.69. The van der Waals surface area contributed by atoms with Gasteiger partial charge in [0.25, 0.3) is 0 Å². The van der Waals surface area contributed by atoms with Gasteiger partial charge in [0.05, 0.1) is 11.1 Å². The number of halogens is 6. The maximum absolute atomic E-state index is 12.8. The smallest absolute Gasteiger partial charge is 0.359 e. The van der Waals surface area contributed by atoms with E-state index in [2.05, 4.69) is 4.74 Å². The van der Waals surface area contributed by atoms with E-state index in [0.29, 0.717) is 25.2 Å². The Balaban J connectivity index is 1.66. The van der Waals surface area contributed by atoms with Crippen LogP contribution in [0.2, 0.25) is 0 Å². The van der Waals surface area contributed by atoms with Crippen molar-refractivity contribution in [3.05, 3.63) is 29.3 Å². The zero-order valence-electron chi connectivity index (χ0n) is 14.4. The van der Waals surface area contributed by atoms with E-state index >= 15 is 0 Å². The summed E-state index contributed by atoms with van der Waals surface area (Å²) in [7, 11) is 0. The van der Waals surface area contributed by atoms with Crippen LogP contribution in [0.5, 0.6) is 0 Å². The van der Waals surface area contributed by atoms with Crippen molar-refractivity contribution < 1.29 is 40.7 Å². The van der Waals surface area contributed by atoms with Gasteiger partial charge in [-0.1, -0.05) is 0 Å². The largest absolute Gasteiger partial charge is 0.420 e. The summed E-state index contributed by atoms with van der Waals surface area (Å²) in [5, 5.41) is 1.76. The zero-order chi connectivity index (χ0) is 20.7. The first kappa shape index (κ1) is 20.3. The molecular weight excluding hydrogens is 394 g/mol. The molecule has 0 unspecified atom stereocenters. The van der Waals surface area contributed by atoms with Gasteiger partial charge in [-0.2, -0.15) is 26.3 Å². The lowest BCUT2D eigenvalue weighted by atomic mass is 9.94. The van der Waals surface area contributed by atoms with Crippen molar-refractivity contribution in [2.24, 2.45) is 5.41 Å². The van der Waals surface area contributed by atoms with Gasteiger partial charge in [-0.3, -0.25) is 5.32 Å². The van der Waals surface area contributed by atoms with Crippen LogP contribution < -0.4 is 5.32 Å². The molecule has 11 heteroatoms. The van der Waals surface area contributed by atoms with E-state index < -0.39 is 41.4 Å². The van der Waals surface area contributed by atoms with Gasteiger partial charge in [-0.25, -0.2) is 9.59 Å². The van der Waals surface area contributed by atoms with Crippen molar-refractivity contribution in [2.45, 2.75) is 38.0 Å². The van der Waals surface area contributed by atoms with E-state index in [-0.39, 0.29) is 11.5 Å². The first-order valence-corrected chi connectivity index (χ1v) is 8.45. The van der Waals surface area contributed by atoms with Crippen molar-refractivity contribution in [1.29, 1.82) is 0 Å². The Labute approximate surface area is 155 Å². The van der Waals surface area contributed by atoms with Gasteiger partial charge in [0, 0.05) is 18.8 Å². The molecule has 1 heterocycles. The predicted octanol–water partition coefficient (Wildman–Crippen LogP) is 5.27. The van der Waals surface area contributed by atoms with Crippen molar-refractivity contribution in [3.8, 4) is 0 Å².